The van der Waals surface area contributed by atoms with Crippen LogP contribution in [0.25, 0.3) is 0 Å². The van der Waals surface area contributed by atoms with Gasteiger partial charge in [-0.05, 0) is 108 Å². The number of aryl methyl sites for hydroxylation is 1. The zero-order valence-electron chi connectivity index (χ0n) is 25.1. The molecule has 0 aromatic heterocycles. The Balaban J connectivity index is 1.46. The first-order valence-electron chi connectivity index (χ1n) is 14.7. The molecule has 5 rings (SSSR count). The molecule has 2 aromatic rings. The Morgan fingerprint density at radius 3 is 2.34 bits per heavy atom. The van der Waals surface area contributed by atoms with Crippen LogP contribution in [0, 0.1) is 24.2 Å². The smallest absolute Gasteiger partial charge is 0.296 e. The quantitative estimate of drug-likeness (QED) is 0.304. The van der Waals surface area contributed by atoms with E-state index in [0.717, 1.165) is 34.6 Å². The van der Waals surface area contributed by atoms with Gasteiger partial charge in [0.2, 0.25) is 0 Å². The van der Waals surface area contributed by atoms with Crippen LogP contribution in [-0.4, -0.2) is 43.7 Å². The monoisotopic (exact) mass is 600 g/mol. The van der Waals surface area contributed by atoms with Crippen molar-refractivity contribution >= 4 is 21.9 Å². The fraction of sp³-hybridized carbons (Fsp3) is 0.576. The Hall–Kier alpha value is -1.68. The Bertz CT molecular complexity index is 1370. The minimum atomic E-state index is -3.92. The van der Waals surface area contributed by atoms with Crippen LogP contribution in [-0.2, 0) is 23.8 Å². The highest BCUT2D eigenvalue weighted by atomic mass is 32.2. The van der Waals surface area contributed by atoms with Gasteiger partial charge in [0.25, 0.3) is 10.1 Å². The van der Waals surface area contributed by atoms with Crippen molar-refractivity contribution in [2.75, 3.05) is 6.61 Å². The molecule has 2 aliphatic carbocycles. The van der Waals surface area contributed by atoms with E-state index in [4.69, 9.17) is 13.7 Å². The molecular formula is C33H44O6S2. The third-order valence-corrected chi connectivity index (χ3v) is 11.8. The second kappa shape index (κ2) is 11.4. The SMILES string of the molecule is Cc1ccc(S(=O)(=O)OC[C@@H](C[C@@H]2OC(C)(C)OC2(C)C)[C@@H]2CCC3=C(Sc4ccccc4)[C@H](O)CC[C@]32C)cc1. The zero-order valence-corrected chi connectivity index (χ0v) is 26.7. The van der Waals surface area contributed by atoms with E-state index in [1.54, 1.807) is 36.0 Å². The molecule has 1 saturated carbocycles. The number of fused-ring (bicyclic) bond motifs is 1. The van der Waals surface area contributed by atoms with E-state index in [2.05, 4.69) is 19.1 Å². The second-order valence-corrected chi connectivity index (χ2v) is 15.9. The summed E-state index contributed by atoms with van der Waals surface area (Å²) >= 11 is 1.67. The van der Waals surface area contributed by atoms with Crippen molar-refractivity contribution in [2.45, 2.75) is 107 Å². The fourth-order valence-electron chi connectivity index (χ4n) is 7.25. The maximum Gasteiger partial charge on any atom is 0.296 e. The van der Waals surface area contributed by atoms with Crippen LogP contribution < -0.4 is 0 Å². The normalized spacial score (nSPS) is 29.9. The first-order valence-corrected chi connectivity index (χ1v) is 16.9. The molecule has 0 spiro atoms. The lowest BCUT2D eigenvalue weighted by molar-refractivity contribution is -0.158. The van der Waals surface area contributed by atoms with Crippen molar-refractivity contribution in [1.82, 2.24) is 0 Å². The molecule has 41 heavy (non-hydrogen) atoms. The van der Waals surface area contributed by atoms with E-state index in [-0.39, 0.29) is 34.9 Å². The highest BCUT2D eigenvalue weighted by molar-refractivity contribution is 8.03. The van der Waals surface area contributed by atoms with Gasteiger partial charge in [0.05, 0.1) is 29.3 Å². The summed E-state index contributed by atoms with van der Waals surface area (Å²) in [5.41, 5.74) is 1.61. The Morgan fingerprint density at radius 1 is 1.02 bits per heavy atom. The highest BCUT2D eigenvalue weighted by Gasteiger charge is 2.53. The summed E-state index contributed by atoms with van der Waals surface area (Å²) in [6.45, 7) is 12.2. The lowest BCUT2D eigenvalue weighted by Crippen LogP contribution is -2.41. The molecule has 0 bridgehead atoms. The van der Waals surface area contributed by atoms with E-state index >= 15 is 0 Å². The summed E-state index contributed by atoms with van der Waals surface area (Å²) in [4.78, 5) is 2.34. The van der Waals surface area contributed by atoms with Gasteiger partial charge < -0.3 is 14.6 Å². The van der Waals surface area contributed by atoms with Crippen molar-refractivity contribution in [2.24, 2.45) is 17.3 Å². The van der Waals surface area contributed by atoms with E-state index in [0.29, 0.717) is 12.8 Å². The maximum absolute atomic E-state index is 13.3. The minimum absolute atomic E-state index is 0.0732. The van der Waals surface area contributed by atoms with Crippen molar-refractivity contribution in [3.05, 3.63) is 70.6 Å². The first kappa shape index (κ1) is 30.8. The van der Waals surface area contributed by atoms with Crippen LogP contribution >= 0.6 is 11.8 Å². The van der Waals surface area contributed by atoms with Gasteiger partial charge in [0, 0.05) is 9.80 Å². The van der Waals surface area contributed by atoms with E-state index in [9.17, 15) is 13.5 Å². The van der Waals surface area contributed by atoms with Gasteiger partial charge in [0.15, 0.2) is 5.79 Å². The lowest BCUT2D eigenvalue weighted by Gasteiger charge is -2.43. The van der Waals surface area contributed by atoms with E-state index in [1.807, 2.05) is 52.8 Å². The predicted molar refractivity (Wildman–Crippen MR) is 162 cm³/mol. The van der Waals surface area contributed by atoms with Crippen molar-refractivity contribution in [3.63, 3.8) is 0 Å². The minimum Gasteiger partial charge on any atom is -0.388 e. The number of aliphatic hydroxyl groups excluding tert-OH is 1. The number of hydrogen-bond donors (Lipinski definition) is 1. The Labute approximate surface area is 250 Å². The van der Waals surface area contributed by atoms with Crippen molar-refractivity contribution in [3.8, 4) is 0 Å². The number of benzene rings is 2. The standard InChI is InChI=1S/C33H44O6S2/c1-22-12-14-25(15-13-22)41(35,36)37-21-23(20-29-31(2,3)39-32(4,5)38-29)26-16-17-27-30(28(34)18-19-33(26,27)6)40-24-10-8-7-9-11-24/h7-15,23,26,28-29,34H,16-21H2,1-6H3/t23-,26+,28-,29+,33+/m1/s1. The molecule has 6 nitrogen and oxygen atoms in total. The summed E-state index contributed by atoms with van der Waals surface area (Å²) < 4.78 is 45.0. The molecular weight excluding hydrogens is 556 g/mol. The van der Waals surface area contributed by atoms with Gasteiger partial charge >= 0.3 is 0 Å². The molecule has 0 unspecified atom stereocenters. The fourth-order valence-corrected chi connectivity index (χ4v) is 9.47. The van der Waals surface area contributed by atoms with Crippen LogP contribution in [0.1, 0.15) is 72.3 Å². The molecule has 2 aromatic carbocycles. The summed E-state index contributed by atoms with van der Waals surface area (Å²) in [5.74, 6) is -0.627. The number of aliphatic hydroxyl groups is 1. The topological polar surface area (TPSA) is 82.1 Å². The summed E-state index contributed by atoms with van der Waals surface area (Å²) in [7, 11) is -3.92. The van der Waals surface area contributed by atoms with Crippen molar-refractivity contribution in [1.29, 1.82) is 0 Å². The van der Waals surface area contributed by atoms with Crippen LogP contribution in [0.4, 0.5) is 0 Å². The van der Waals surface area contributed by atoms with Crippen LogP contribution in [0.3, 0.4) is 0 Å². The van der Waals surface area contributed by atoms with Gasteiger partial charge in [-0.2, -0.15) is 8.42 Å². The third-order valence-electron chi connectivity index (χ3n) is 9.26. The first-order chi connectivity index (χ1) is 19.2. The molecule has 8 heteroatoms. The van der Waals surface area contributed by atoms with Gasteiger partial charge in [-0.25, -0.2) is 0 Å². The molecule has 1 aliphatic heterocycles. The lowest BCUT2D eigenvalue weighted by atomic mass is 9.65. The van der Waals surface area contributed by atoms with E-state index < -0.39 is 27.6 Å². The van der Waals surface area contributed by atoms with Crippen molar-refractivity contribution < 1.29 is 27.2 Å². The molecule has 1 N–H and O–H groups in total. The molecule has 2 fully saturated rings. The van der Waals surface area contributed by atoms with Crippen LogP contribution in [0.15, 0.2) is 74.9 Å². The van der Waals surface area contributed by atoms with Crippen LogP contribution in [0.5, 0.6) is 0 Å². The molecule has 3 aliphatic rings. The number of thioether (sulfide) groups is 1. The maximum atomic E-state index is 13.3. The summed E-state index contributed by atoms with van der Waals surface area (Å²) in [5, 5.41) is 11.1. The third kappa shape index (κ3) is 6.48. The molecule has 0 amide bonds. The van der Waals surface area contributed by atoms with Gasteiger partial charge in [-0.15, -0.1) is 0 Å². The van der Waals surface area contributed by atoms with Gasteiger partial charge in [0.1, 0.15) is 0 Å². The number of rotatable bonds is 9. The zero-order chi connectivity index (χ0) is 29.6. The van der Waals surface area contributed by atoms with Gasteiger partial charge in [-0.1, -0.05) is 60.2 Å². The highest BCUT2D eigenvalue weighted by Crippen LogP contribution is 2.60. The summed E-state index contributed by atoms with van der Waals surface area (Å²) in [6.07, 6.45) is 3.26. The number of allylic oxidation sites excluding steroid dienone is 1. The van der Waals surface area contributed by atoms with Gasteiger partial charge in [-0.3, -0.25) is 4.18 Å². The average Bonchev–Trinajstić information content (AvgIpc) is 3.35. The molecule has 1 heterocycles. The predicted octanol–water partition coefficient (Wildman–Crippen LogP) is 7.25. The average molecular weight is 601 g/mol. The number of ether oxygens (including phenoxy) is 2. The Morgan fingerprint density at radius 2 is 1.71 bits per heavy atom. The molecule has 1 saturated heterocycles. The summed E-state index contributed by atoms with van der Waals surface area (Å²) in [6, 6.07) is 17.0. The molecule has 224 valence electrons. The molecule has 0 radical (unpaired) electrons. The molecule has 5 atom stereocenters. The van der Waals surface area contributed by atoms with Crippen LogP contribution in [0.2, 0.25) is 0 Å². The van der Waals surface area contributed by atoms with E-state index in [1.165, 1.54) is 5.57 Å². The number of hydrogen-bond acceptors (Lipinski definition) is 7. The Kier molecular flexibility index (Phi) is 8.58. The second-order valence-electron chi connectivity index (χ2n) is 13.1. The largest absolute Gasteiger partial charge is 0.388 e.